The number of benzene rings is 1. The van der Waals surface area contributed by atoms with E-state index < -0.39 is 6.09 Å². The molecule has 8 heteroatoms. The highest BCUT2D eigenvalue weighted by Crippen LogP contribution is 2.21. The van der Waals surface area contributed by atoms with E-state index in [1.807, 2.05) is 29.6 Å². The minimum Gasteiger partial charge on any atom is -0.488 e. The van der Waals surface area contributed by atoms with Crippen LogP contribution >= 0.6 is 11.5 Å². The quantitative estimate of drug-likeness (QED) is 0.653. The molecule has 0 aliphatic carbocycles. The first-order valence-electron chi connectivity index (χ1n) is 6.65. The SMILES string of the molecule is CCOC(=O)N/N=C(\C)COc1ccc(-c2csnn2)cc1. The molecule has 1 N–H and O–H groups in total. The van der Waals surface area contributed by atoms with Gasteiger partial charge in [-0.3, -0.25) is 0 Å². The number of hydrogen-bond acceptors (Lipinski definition) is 7. The van der Waals surface area contributed by atoms with Crippen molar-refractivity contribution in [3.63, 3.8) is 0 Å². The predicted molar refractivity (Wildman–Crippen MR) is 84.1 cm³/mol. The fourth-order valence-electron chi connectivity index (χ4n) is 1.54. The van der Waals surface area contributed by atoms with E-state index in [4.69, 9.17) is 9.47 Å². The van der Waals surface area contributed by atoms with Gasteiger partial charge in [0.1, 0.15) is 18.1 Å². The van der Waals surface area contributed by atoms with Crippen LogP contribution in [0.2, 0.25) is 0 Å². The first-order chi connectivity index (χ1) is 10.7. The number of ether oxygens (including phenoxy) is 2. The lowest BCUT2D eigenvalue weighted by atomic mass is 10.2. The van der Waals surface area contributed by atoms with E-state index in [1.54, 1.807) is 13.8 Å². The summed E-state index contributed by atoms with van der Waals surface area (Å²) in [6.07, 6.45) is -0.580. The molecule has 0 saturated carbocycles. The van der Waals surface area contributed by atoms with Crippen molar-refractivity contribution in [2.24, 2.45) is 5.10 Å². The minimum atomic E-state index is -0.580. The zero-order chi connectivity index (χ0) is 15.8. The number of carbonyl (C=O) groups excluding carboxylic acids is 1. The number of nitrogens with one attached hydrogen (secondary N) is 1. The third-order valence-electron chi connectivity index (χ3n) is 2.57. The predicted octanol–water partition coefficient (Wildman–Crippen LogP) is 2.71. The second-order valence-electron chi connectivity index (χ2n) is 4.28. The van der Waals surface area contributed by atoms with Crippen LogP contribution in [-0.2, 0) is 4.74 Å². The van der Waals surface area contributed by atoms with Crippen LogP contribution < -0.4 is 10.2 Å². The molecule has 116 valence electrons. The Hall–Kier alpha value is -2.48. The molecular formula is C14H16N4O3S. The lowest BCUT2D eigenvalue weighted by molar-refractivity contribution is 0.152. The molecule has 0 saturated heterocycles. The summed E-state index contributed by atoms with van der Waals surface area (Å²) in [5.41, 5.74) is 4.73. The maximum absolute atomic E-state index is 11.1. The van der Waals surface area contributed by atoms with Gasteiger partial charge in [0.2, 0.25) is 0 Å². The second-order valence-corrected chi connectivity index (χ2v) is 4.89. The number of aromatic nitrogens is 2. The van der Waals surface area contributed by atoms with Crippen LogP contribution in [0.15, 0.2) is 34.7 Å². The number of hydrazone groups is 1. The van der Waals surface area contributed by atoms with E-state index in [1.165, 1.54) is 11.5 Å². The molecule has 0 aliphatic heterocycles. The van der Waals surface area contributed by atoms with E-state index in [2.05, 4.69) is 20.1 Å². The van der Waals surface area contributed by atoms with Gasteiger partial charge in [0.25, 0.3) is 0 Å². The Morgan fingerprint density at radius 2 is 2.14 bits per heavy atom. The van der Waals surface area contributed by atoms with Crippen molar-refractivity contribution in [2.45, 2.75) is 13.8 Å². The van der Waals surface area contributed by atoms with Gasteiger partial charge in [0.05, 0.1) is 12.3 Å². The number of nitrogens with zero attached hydrogens (tertiary/aromatic N) is 3. The summed E-state index contributed by atoms with van der Waals surface area (Å²) >= 11 is 1.31. The average molecular weight is 320 g/mol. The minimum absolute atomic E-state index is 0.268. The molecule has 2 rings (SSSR count). The number of hydrogen-bond donors (Lipinski definition) is 1. The van der Waals surface area contributed by atoms with Crippen LogP contribution in [0.1, 0.15) is 13.8 Å². The molecule has 2 aromatic rings. The van der Waals surface area contributed by atoms with Gasteiger partial charge in [0.15, 0.2) is 0 Å². The summed E-state index contributed by atoms with van der Waals surface area (Å²) in [6, 6.07) is 7.52. The van der Waals surface area contributed by atoms with Crippen molar-refractivity contribution >= 4 is 23.3 Å². The van der Waals surface area contributed by atoms with Crippen molar-refractivity contribution in [1.82, 2.24) is 15.0 Å². The molecular weight excluding hydrogens is 304 g/mol. The van der Waals surface area contributed by atoms with E-state index in [9.17, 15) is 4.79 Å². The number of rotatable bonds is 6. The Balaban J connectivity index is 1.84. The fraction of sp³-hybridized carbons (Fsp3) is 0.286. The summed E-state index contributed by atoms with van der Waals surface area (Å²) in [7, 11) is 0. The van der Waals surface area contributed by atoms with Crippen LogP contribution in [0.25, 0.3) is 11.3 Å². The highest BCUT2D eigenvalue weighted by Gasteiger charge is 2.02. The Kier molecular flexibility index (Phi) is 5.84. The topological polar surface area (TPSA) is 85.7 Å². The monoisotopic (exact) mass is 320 g/mol. The second kappa shape index (κ2) is 8.08. The van der Waals surface area contributed by atoms with Gasteiger partial charge in [-0.2, -0.15) is 5.10 Å². The summed E-state index contributed by atoms with van der Waals surface area (Å²) in [6.45, 7) is 4.05. The standard InChI is InChI=1S/C14H16N4O3S/c1-3-20-14(19)17-15-10(2)8-21-12-6-4-11(5-7-12)13-9-22-18-16-13/h4-7,9H,3,8H2,1-2H3,(H,17,19)/b15-10+. The first kappa shape index (κ1) is 15.9. The van der Waals surface area contributed by atoms with E-state index in [0.29, 0.717) is 18.1 Å². The molecule has 0 spiro atoms. The molecule has 1 heterocycles. The Morgan fingerprint density at radius 3 is 2.77 bits per heavy atom. The van der Waals surface area contributed by atoms with E-state index >= 15 is 0 Å². The zero-order valence-electron chi connectivity index (χ0n) is 12.3. The molecule has 1 aromatic heterocycles. The van der Waals surface area contributed by atoms with Crippen LogP contribution in [0.5, 0.6) is 5.75 Å². The summed E-state index contributed by atoms with van der Waals surface area (Å²) in [5, 5.41) is 9.75. The number of carbonyl (C=O) groups is 1. The van der Waals surface area contributed by atoms with Crippen molar-refractivity contribution < 1.29 is 14.3 Å². The molecule has 0 atom stereocenters. The van der Waals surface area contributed by atoms with Crippen LogP contribution in [0, 0.1) is 0 Å². The van der Waals surface area contributed by atoms with Crippen molar-refractivity contribution in [3.05, 3.63) is 29.6 Å². The van der Waals surface area contributed by atoms with Gasteiger partial charge in [-0.1, -0.05) is 4.49 Å². The maximum atomic E-state index is 11.1. The first-order valence-corrected chi connectivity index (χ1v) is 7.49. The van der Waals surface area contributed by atoms with Crippen LogP contribution in [-0.4, -0.2) is 34.6 Å². The molecule has 0 bridgehead atoms. The Labute approximate surface area is 132 Å². The third-order valence-corrected chi connectivity index (χ3v) is 3.08. The van der Waals surface area contributed by atoms with Gasteiger partial charge < -0.3 is 9.47 Å². The van der Waals surface area contributed by atoms with Crippen molar-refractivity contribution in [1.29, 1.82) is 0 Å². The lowest BCUT2D eigenvalue weighted by Gasteiger charge is -2.07. The fourth-order valence-corrected chi connectivity index (χ4v) is 2.00. The Morgan fingerprint density at radius 1 is 1.36 bits per heavy atom. The zero-order valence-corrected chi connectivity index (χ0v) is 13.1. The normalized spacial score (nSPS) is 11.1. The largest absolute Gasteiger partial charge is 0.488 e. The summed E-state index contributed by atoms with van der Waals surface area (Å²) < 4.78 is 14.1. The van der Waals surface area contributed by atoms with Crippen LogP contribution in [0.3, 0.4) is 0 Å². The molecule has 1 aromatic carbocycles. The molecule has 0 aliphatic rings. The number of amides is 1. The van der Waals surface area contributed by atoms with Crippen molar-refractivity contribution in [3.8, 4) is 17.0 Å². The molecule has 0 fully saturated rings. The van der Waals surface area contributed by atoms with Gasteiger partial charge in [-0.15, -0.1) is 5.10 Å². The van der Waals surface area contributed by atoms with Crippen molar-refractivity contribution in [2.75, 3.05) is 13.2 Å². The van der Waals surface area contributed by atoms with Gasteiger partial charge >= 0.3 is 6.09 Å². The van der Waals surface area contributed by atoms with E-state index in [0.717, 1.165) is 11.3 Å². The van der Waals surface area contributed by atoms with E-state index in [-0.39, 0.29) is 6.61 Å². The lowest BCUT2D eigenvalue weighted by Crippen LogP contribution is -2.21. The smallest absolute Gasteiger partial charge is 0.427 e. The third kappa shape index (κ3) is 4.81. The highest BCUT2D eigenvalue weighted by molar-refractivity contribution is 7.03. The van der Waals surface area contributed by atoms with Crippen LogP contribution in [0.4, 0.5) is 4.79 Å². The van der Waals surface area contributed by atoms with Gasteiger partial charge in [-0.05, 0) is 49.6 Å². The highest BCUT2D eigenvalue weighted by atomic mass is 32.1. The molecule has 22 heavy (non-hydrogen) atoms. The average Bonchev–Trinajstić information content (AvgIpc) is 3.06. The maximum Gasteiger partial charge on any atom is 0.427 e. The van der Waals surface area contributed by atoms with Gasteiger partial charge in [-0.25, -0.2) is 10.2 Å². The Bertz CT molecular complexity index is 626. The summed E-state index contributed by atoms with van der Waals surface area (Å²) in [5.74, 6) is 0.706. The molecule has 0 unspecified atom stereocenters. The molecule has 1 amide bonds. The molecule has 7 nitrogen and oxygen atoms in total. The summed E-state index contributed by atoms with van der Waals surface area (Å²) in [4.78, 5) is 11.1. The molecule has 0 radical (unpaired) electrons. The van der Waals surface area contributed by atoms with Gasteiger partial charge in [0, 0.05) is 10.9 Å².